The number of rotatable bonds is 18. The summed E-state index contributed by atoms with van der Waals surface area (Å²) in [5.74, 6) is -4.45. The van der Waals surface area contributed by atoms with Crippen molar-refractivity contribution >= 4 is 17.9 Å². The van der Waals surface area contributed by atoms with Gasteiger partial charge in [0.05, 0.1) is 0 Å². The van der Waals surface area contributed by atoms with Gasteiger partial charge in [-0.25, -0.2) is 0 Å². The molecule has 6 heteroatoms. The second-order valence-corrected chi connectivity index (χ2v) is 6.76. The minimum absolute atomic E-state index is 0.219. The van der Waals surface area contributed by atoms with Crippen LogP contribution in [0.1, 0.15) is 96.3 Å². The van der Waals surface area contributed by atoms with Crippen molar-refractivity contribution in [3.8, 4) is 0 Å². The Morgan fingerprint density at radius 2 is 0.840 bits per heavy atom. The van der Waals surface area contributed by atoms with E-state index in [0.29, 0.717) is 6.42 Å². The lowest BCUT2D eigenvalue weighted by molar-refractivity contribution is -0.154. The lowest BCUT2D eigenvalue weighted by Crippen LogP contribution is -2.23. The number of carboxylic acid groups (broad SMARTS) is 3. The molecule has 6 nitrogen and oxygen atoms in total. The van der Waals surface area contributed by atoms with Crippen LogP contribution in [-0.2, 0) is 14.4 Å². The molecular formula is C19H34O6. The fraction of sp³-hybridized carbons (Fsp3) is 0.842. The molecule has 3 N–H and O–H groups in total. The second kappa shape index (κ2) is 15.9. The van der Waals surface area contributed by atoms with Crippen LogP contribution in [0.5, 0.6) is 0 Å². The quantitative estimate of drug-likeness (QED) is 0.242. The lowest BCUT2D eigenvalue weighted by atomic mass is 10.00. The summed E-state index contributed by atoms with van der Waals surface area (Å²) in [5, 5.41) is 26.1. The highest BCUT2D eigenvalue weighted by molar-refractivity contribution is 5.92. The zero-order valence-corrected chi connectivity index (χ0v) is 15.3. The Hall–Kier alpha value is -1.59. The molecule has 0 aromatic rings. The summed E-state index contributed by atoms with van der Waals surface area (Å²) in [6.07, 6.45) is 14.4. The minimum Gasteiger partial charge on any atom is -0.481 e. The fourth-order valence-electron chi connectivity index (χ4n) is 2.92. The summed E-state index contributed by atoms with van der Waals surface area (Å²) in [5.41, 5.74) is 0. The average molecular weight is 358 g/mol. The van der Waals surface area contributed by atoms with Gasteiger partial charge in [0, 0.05) is 6.42 Å². The van der Waals surface area contributed by atoms with Crippen LogP contribution in [0.3, 0.4) is 0 Å². The van der Waals surface area contributed by atoms with E-state index >= 15 is 0 Å². The van der Waals surface area contributed by atoms with E-state index in [1.165, 1.54) is 38.5 Å². The van der Waals surface area contributed by atoms with E-state index in [2.05, 4.69) is 0 Å². The van der Waals surface area contributed by atoms with Gasteiger partial charge < -0.3 is 15.3 Å². The van der Waals surface area contributed by atoms with Crippen LogP contribution in [-0.4, -0.2) is 33.2 Å². The topological polar surface area (TPSA) is 112 Å². The van der Waals surface area contributed by atoms with Crippen LogP contribution in [0.25, 0.3) is 0 Å². The maximum Gasteiger partial charge on any atom is 0.317 e. The smallest absolute Gasteiger partial charge is 0.317 e. The highest BCUT2D eigenvalue weighted by Crippen LogP contribution is 2.15. The predicted octanol–water partition coefficient (Wildman–Crippen LogP) is 4.71. The number of hydrogen-bond donors (Lipinski definition) is 3. The summed E-state index contributed by atoms with van der Waals surface area (Å²) >= 11 is 0. The molecule has 0 saturated carbocycles. The van der Waals surface area contributed by atoms with Crippen molar-refractivity contribution in [1.82, 2.24) is 0 Å². The standard InChI is InChI=1S/C19H34O6/c20-17(21)15-13-11-9-7-5-3-1-2-4-6-8-10-12-14-16(18(22)23)19(24)25/h16H,1-15H2,(H,20,21)(H,22,23)(H,24,25). The van der Waals surface area contributed by atoms with E-state index in [9.17, 15) is 14.4 Å². The Bertz CT molecular complexity index is 366. The third kappa shape index (κ3) is 15.7. The van der Waals surface area contributed by atoms with Crippen molar-refractivity contribution in [3.05, 3.63) is 0 Å². The van der Waals surface area contributed by atoms with E-state index in [-0.39, 0.29) is 12.8 Å². The molecule has 0 aliphatic rings. The average Bonchev–Trinajstić information content (AvgIpc) is 2.53. The van der Waals surface area contributed by atoms with Crippen LogP contribution in [0.15, 0.2) is 0 Å². The summed E-state index contributed by atoms with van der Waals surface area (Å²) in [6, 6.07) is 0. The van der Waals surface area contributed by atoms with Crippen LogP contribution in [0.2, 0.25) is 0 Å². The Morgan fingerprint density at radius 1 is 0.520 bits per heavy atom. The normalized spacial score (nSPS) is 10.9. The molecule has 0 aliphatic carbocycles. The van der Waals surface area contributed by atoms with Crippen molar-refractivity contribution in [3.63, 3.8) is 0 Å². The van der Waals surface area contributed by atoms with Gasteiger partial charge in [-0.15, -0.1) is 0 Å². The molecule has 0 fully saturated rings. The molecule has 0 amide bonds. The van der Waals surface area contributed by atoms with Gasteiger partial charge in [-0.05, 0) is 12.8 Å². The fourth-order valence-corrected chi connectivity index (χ4v) is 2.92. The maximum absolute atomic E-state index is 10.7. The molecule has 0 aliphatic heterocycles. The molecule has 0 aromatic carbocycles. The molecule has 0 aromatic heterocycles. The number of hydrogen-bond acceptors (Lipinski definition) is 3. The van der Waals surface area contributed by atoms with Crippen LogP contribution in [0, 0.1) is 5.92 Å². The van der Waals surface area contributed by atoms with Gasteiger partial charge in [-0.3, -0.25) is 14.4 Å². The summed E-state index contributed by atoms with van der Waals surface area (Å²) in [4.78, 5) is 31.8. The molecular weight excluding hydrogens is 324 g/mol. The number of carboxylic acids is 3. The van der Waals surface area contributed by atoms with Gasteiger partial charge in [-0.2, -0.15) is 0 Å². The Morgan fingerprint density at radius 3 is 1.16 bits per heavy atom. The zero-order valence-electron chi connectivity index (χ0n) is 15.3. The molecule has 0 heterocycles. The lowest BCUT2D eigenvalue weighted by Gasteiger charge is -2.07. The predicted molar refractivity (Wildman–Crippen MR) is 95.7 cm³/mol. The van der Waals surface area contributed by atoms with E-state index in [0.717, 1.165) is 38.5 Å². The van der Waals surface area contributed by atoms with Crippen molar-refractivity contribution in [2.45, 2.75) is 96.3 Å². The van der Waals surface area contributed by atoms with Gasteiger partial charge in [-0.1, -0.05) is 77.0 Å². The van der Waals surface area contributed by atoms with Gasteiger partial charge in [0.2, 0.25) is 0 Å². The summed E-state index contributed by atoms with van der Waals surface area (Å²) in [7, 11) is 0. The molecule has 0 unspecified atom stereocenters. The van der Waals surface area contributed by atoms with E-state index < -0.39 is 23.8 Å². The molecule has 0 radical (unpaired) electrons. The van der Waals surface area contributed by atoms with Gasteiger partial charge in [0.25, 0.3) is 0 Å². The van der Waals surface area contributed by atoms with E-state index in [1.54, 1.807) is 0 Å². The van der Waals surface area contributed by atoms with Crippen molar-refractivity contribution in [2.24, 2.45) is 5.92 Å². The van der Waals surface area contributed by atoms with E-state index in [4.69, 9.17) is 15.3 Å². The maximum atomic E-state index is 10.7. The monoisotopic (exact) mass is 358 g/mol. The molecule has 146 valence electrons. The molecule has 0 atom stereocenters. The number of carbonyl (C=O) groups is 3. The molecule has 0 bridgehead atoms. The number of aliphatic carboxylic acids is 3. The van der Waals surface area contributed by atoms with E-state index in [1.807, 2.05) is 0 Å². The van der Waals surface area contributed by atoms with Crippen LogP contribution >= 0.6 is 0 Å². The molecule has 25 heavy (non-hydrogen) atoms. The minimum atomic E-state index is -1.26. The largest absolute Gasteiger partial charge is 0.481 e. The number of unbranched alkanes of at least 4 members (excludes halogenated alkanes) is 12. The highest BCUT2D eigenvalue weighted by atomic mass is 16.4. The Balaban J connectivity index is 3.25. The van der Waals surface area contributed by atoms with Gasteiger partial charge in [0.15, 0.2) is 5.92 Å². The Labute approximate surface area is 150 Å². The zero-order chi connectivity index (χ0) is 18.9. The first-order valence-corrected chi connectivity index (χ1v) is 9.62. The first-order chi connectivity index (χ1) is 11.9. The van der Waals surface area contributed by atoms with Crippen molar-refractivity contribution in [2.75, 3.05) is 0 Å². The van der Waals surface area contributed by atoms with Crippen LogP contribution in [0.4, 0.5) is 0 Å². The van der Waals surface area contributed by atoms with Gasteiger partial charge in [0.1, 0.15) is 0 Å². The van der Waals surface area contributed by atoms with Crippen LogP contribution < -0.4 is 0 Å². The third-order valence-corrected chi connectivity index (χ3v) is 4.48. The molecule has 0 rings (SSSR count). The molecule has 0 saturated heterocycles. The summed E-state index contributed by atoms with van der Waals surface area (Å²) < 4.78 is 0. The second-order valence-electron chi connectivity index (χ2n) is 6.76. The first-order valence-electron chi connectivity index (χ1n) is 9.62. The summed E-state index contributed by atoms with van der Waals surface area (Å²) in [6.45, 7) is 0. The Kier molecular flexibility index (Phi) is 14.9. The highest BCUT2D eigenvalue weighted by Gasteiger charge is 2.24. The molecule has 0 spiro atoms. The van der Waals surface area contributed by atoms with Gasteiger partial charge >= 0.3 is 17.9 Å². The third-order valence-electron chi connectivity index (χ3n) is 4.48. The SMILES string of the molecule is O=C(O)CCCCCCCCCCCCCCCC(C(=O)O)C(=O)O. The van der Waals surface area contributed by atoms with Crippen molar-refractivity contribution in [1.29, 1.82) is 0 Å². The van der Waals surface area contributed by atoms with Crippen molar-refractivity contribution < 1.29 is 29.7 Å². The first kappa shape index (κ1) is 23.4.